The number of benzene rings is 1. The van der Waals surface area contributed by atoms with Gasteiger partial charge in [-0.05, 0) is 17.1 Å². The third-order valence-electron chi connectivity index (χ3n) is 1.86. The third kappa shape index (κ3) is 2.06. The van der Waals surface area contributed by atoms with Crippen molar-refractivity contribution in [3.05, 3.63) is 29.6 Å². The second-order valence-electron chi connectivity index (χ2n) is 2.80. The molecule has 0 bridgehead atoms. The summed E-state index contributed by atoms with van der Waals surface area (Å²) in [5.41, 5.74) is 6.67. The van der Waals surface area contributed by atoms with Crippen molar-refractivity contribution in [2.45, 2.75) is 4.90 Å². The van der Waals surface area contributed by atoms with E-state index in [4.69, 9.17) is 5.73 Å². The van der Waals surface area contributed by atoms with Crippen molar-refractivity contribution in [3.63, 3.8) is 0 Å². The van der Waals surface area contributed by atoms with Crippen molar-refractivity contribution < 1.29 is 8.76 Å². The van der Waals surface area contributed by atoms with E-state index in [0.717, 1.165) is 0 Å². The lowest BCUT2D eigenvalue weighted by atomic mass is 10.2. The molecule has 1 aromatic carbocycles. The molecule has 2 aromatic rings. The highest BCUT2D eigenvalue weighted by Gasteiger charge is 2.07. The van der Waals surface area contributed by atoms with Gasteiger partial charge < -0.3 is 10.3 Å². The number of anilines is 1. The Morgan fingerprint density at radius 1 is 1.40 bits per heavy atom. The molecule has 0 fully saturated rings. The molecule has 1 unspecified atom stereocenters. The van der Waals surface area contributed by atoms with Crippen LogP contribution in [0.4, 0.5) is 5.13 Å². The van der Waals surface area contributed by atoms with Crippen LogP contribution in [-0.2, 0) is 11.1 Å². The Kier molecular flexibility index (Phi) is 2.81. The first kappa shape index (κ1) is 10.3. The maximum atomic E-state index is 10.9. The summed E-state index contributed by atoms with van der Waals surface area (Å²) in [6, 6.07) is 6.68. The highest BCUT2D eigenvalue weighted by Crippen LogP contribution is 2.27. The number of aromatic nitrogens is 1. The van der Waals surface area contributed by atoms with Gasteiger partial charge in [0.1, 0.15) is 0 Å². The van der Waals surface area contributed by atoms with E-state index in [2.05, 4.69) is 4.98 Å². The van der Waals surface area contributed by atoms with E-state index in [0.29, 0.717) is 16.4 Å². The Morgan fingerprint density at radius 2 is 2.13 bits per heavy atom. The smallest absolute Gasteiger partial charge is 0.180 e. The number of hydrogen-bond acceptors (Lipinski definition) is 5. The molecule has 0 radical (unpaired) electrons. The summed E-state index contributed by atoms with van der Waals surface area (Å²) in [5, 5.41) is 2.16. The minimum absolute atomic E-state index is 0.239. The van der Waals surface area contributed by atoms with Crippen LogP contribution in [0.25, 0.3) is 11.3 Å². The lowest BCUT2D eigenvalue weighted by Crippen LogP contribution is -1.93. The largest absolute Gasteiger partial charge is 0.768 e. The van der Waals surface area contributed by atoms with Crippen molar-refractivity contribution in [3.8, 4) is 11.3 Å². The first-order chi connectivity index (χ1) is 7.18. The Morgan fingerprint density at radius 3 is 2.73 bits per heavy atom. The van der Waals surface area contributed by atoms with Gasteiger partial charge in [0.05, 0.1) is 5.69 Å². The van der Waals surface area contributed by atoms with Gasteiger partial charge >= 0.3 is 0 Å². The van der Waals surface area contributed by atoms with E-state index in [1.807, 2.05) is 0 Å². The minimum Gasteiger partial charge on any atom is -0.768 e. The normalized spacial score (nSPS) is 12.6. The SMILES string of the molecule is Nc1nc(-c2ccccc2S(=O)[O-])cs1. The molecule has 2 N–H and O–H groups in total. The molecule has 0 saturated carbocycles. The summed E-state index contributed by atoms with van der Waals surface area (Å²) in [6.45, 7) is 0. The zero-order valence-electron chi connectivity index (χ0n) is 7.54. The monoisotopic (exact) mass is 239 g/mol. The van der Waals surface area contributed by atoms with Crippen LogP contribution in [0.15, 0.2) is 34.5 Å². The molecule has 1 aromatic heterocycles. The molecule has 0 saturated heterocycles. The standard InChI is InChI=1S/C9H8N2O2S2/c10-9-11-7(5-14-9)6-3-1-2-4-8(6)15(12)13/h1-5H,(H2,10,11)(H,12,13)/p-1. The van der Waals surface area contributed by atoms with E-state index in [9.17, 15) is 8.76 Å². The summed E-state index contributed by atoms with van der Waals surface area (Å²) in [6.07, 6.45) is 0. The molecule has 1 heterocycles. The van der Waals surface area contributed by atoms with E-state index >= 15 is 0 Å². The van der Waals surface area contributed by atoms with E-state index < -0.39 is 11.1 Å². The number of nitrogens with two attached hydrogens (primary N) is 1. The third-order valence-corrected chi connectivity index (χ3v) is 3.25. The molecule has 0 aliphatic heterocycles. The zero-order chi connectivity index (χ0) is 10.8. The zero-order valence-corrected chi connectivity index (χ0v) is 9.18. The molecule has 1 atom stereocenters. The van der Waals surface area contributed by atoms with Crippen molar-refractivity contribution in [2.75, 3.05) is 5.73 Å². The van der Waals surface area contributed by atoms with Gasteiger partial charge in [-0.15, -0.1) is 11.3 Å². The fourth-order valence-electron chi connectivity index (χ4n) is 1.23. The van der Waals surface area contributed by atoms with Gasteiger partial charge in [-0.3, -0.25) is 4.21 Å². The van der Waals surface area contributed by atoms with Crippen LogP contribution in [0.1, 0.15) is 0 Å². The first-order valence-corrected chi connectivity index (χ1v) is 6.03. The molecule has 6 heteroatoms. The molecule has 2 rings (SSSR count). The van der Waals surface area contributed by atoms with Crippen LogP contribution in [0.3, 0.4) is 0 Å². The molecular weight excluding hydrogens is 232 g/mol. The van der Waals surface area contributed by atoms with E-state index in [1.165, 1.54) is 17.4 Å². The second kappa shape index (κ2) is 4.09. The van der Waals surface area contributed by atoms with Crippen LogP contribution < -0.4 is 5.73 Å². The number of nitrogens with zero attached hydrogens (tertiary/aromatic N) is 1. The average molecular weight is 239 g/mol. The maximum absolute atomic E-state index is 10.9. The Hall–Kier alpha value is -1.24. The van der Waals surface area contributed by atoms with Crippen molar-refractivity contribution >= 4 is 27.5 Å². The van der Waals surface area contributed by atoms with Crippen LogP contribution >= 0.6 is 11.3 Å². The molecule has 4 nitrogen and oxygen atoms in total. The lowest BCUT2D eigenvalue weighted by Gasteiger charge is -2.09. The fraction of sp³-hybridized carbons (Fsp3) is 0. The molecular formula is C9H7N2O2S2-. The van der Waals surface area contributed by atoms with E-state index in [-0.39, 0.29) is 4.90 Å². The lowest BCUT2D eigenvalue weighted by molar-refractivity contribution is 0.537. The average Bonchev–Trinajstić information content (AvgIpc) is 2.65. The summed E-state index contributed by atoms with van der Waals surface area (Å²) in [4.78, 5) is 4.29. The van der Waals surface area contributed by atoms with Crippen molar-refractivity contribution in [1.82, 2.24) is 4.98 Å². The maximum Gasteiger partial charge on any atom is 0.180 e. The molecule has 0 amide bonds. The summed E-state index contributed by atoms with van der Waals surface area (Å²) < 4.78 is 21.9. The van der Waals surface area contributed by atoms with Gasteiger partial charge in [-0.2, -0.15) is 0 Å². The van der Waals surface area contributed by atoms with Gasteiger partial charge in [0.15, 0.2) is 5.13 Å². The molecule has 78 valence electrons. The number of nitrogen functional groups attached to an aromatic ring is 1. The van der Waals surface area contributed by atoms with Crippen LogP contribution in [0.5, 0.6) is 0 Å². The van der Waals surface area contributed by atoms with Crippen molar-refractivity contribution in [1.29, 1.82) is 0 Å². The summed E-state index contributed by atoms with van der Waals surface area (Å²) >= 11 is -0.973. The van der Waals surface area contributed by atoms with Gasteiger partial charge in [0.25, 0.3) is 0 Å². The van der Waals surface area contributed by atoms with Gasteiger partial charge in [0.2, 0.25) is 0 Å². The summed E-state index contributed by atoms with van der Waals surface area (Å²) in [7, 11) is 0. The number of thiazole rings is 1. The molecule has 15 heavy (non-hydrogen) atoms. The highest BCUT2D eigenvalue weighted by molar-refractivity contribution is 7.79. The Labute approximate surface area is 93.1 Å². The molecule has 0 spiro atoms. The number of rotatable bonds is 2. The van der Waals surface area contributed by atoms with Crippen molar-refractivity contribution in [2.24, 2.45) is 0 Å². The predicted molar refractivity (Wildman–Crippen MR) is 59.1 cm³/mol. The number of hydrogen-bond donors (Lipinski definition) is 1. The quantitative estimate of drug-likeness (QED) is 0.808. The van der Waals surface area contributed by atoms with E-state index in [1.54, 1.807) is 23.6 Å². The predicted octanol–water partition coefficient (Wildman–Crippen LogP) is 1.63. The minimum atomic E-state index is -2.26. The topological polar surface area (TPSA) is 79.0 Å². The van der Waals surface area contributed by atoms with Gasteiger partial charge in [-0.1, -0.05) is 18.2 Å². The van der Waals surface area contributed by atoms with Gasteiger partial charge in [-0.25, -0.2) is 4.98 Å². The van der Waals surface area contributed by atoms with Crippen LogP contribution in [-0.4, -0.2) is 13.7 Å². The van der Waals surface area contributed by atoms with Crippen LogP contribution in [0, 0.1) is 0 Å². The highest BCUT2D eigenvalue weighted by atomic mass is 32.2. The fourth-order valence-corrected chi connectivity index (χ4v) is 2.34. The van der Waals surface area contributed by atoms with Gasteiger partial charge in [0, 0.05) is 15.8 Å². The Balaban J connectivity index is 2.57. The molecule has 0 aliphatic rings. The van der Waals surface area contributed by atoms with Crippen LogP contribution in [0.2, 0.25) is 0 Å². The first-order valence-electron chi connectivity index (χ1n) is 4.08. The second-order valence-corrected chi connectivity index (χ2v) is 4.60. The summed E-state index contributed by atoms with van der Waals surface area (Å²) in [5.74, 6) is 0. The molecule has 0 aliphatic carbocycles. The Bertz CT molecular complexity index is 510.